The van der Waals surface area contributed by atoms with Gasteiger partial charge in [0.05, 0.1) is 27.6 Å². The second-order valence-corrected chi connectivity index (χ2v) is 7.21. The van der Waals surface area contributed by atoms with Crippen LogP contribution < -0.4 is 4.74 Å². The Hall–Kier alpha value is -0.430. The summed E-state index contributed by atoms with van der Waals surface area (Å²) in [6, 6.07) is 3.04. The Bertz CT molecular complexity index is 594. The van der Waals surface area contributed by atoms with E-state index in [-0.39, 0.29) is 30.9 Å². The lowest BCUT2D eigenvalue weighted by molar-refractivity contribution is -0.149. The standard InChI is InChI=1S/C17H22Cl3NO4.ClH/c1-2-24-17(23)11-3-5-21(6-4-11)9-12(22)10-25-16-8-14(19)13(18)7-15(16)20;/h7-8,11-12,22H,2-6,9-10H2,1H3;1H. The van der Waals surface area contributed by atoms with Crippen LogP contribution in [-0.4, -0.2) is 54.9 Å². The maximum Gasteiger partial charge on any atom is 0.309 e. The summed E-state index contributed by atoms with van der Waals surface area (Å²) in [6.45, 7) is 4.27. The van der Waals surface area contributed by atoms with E-state index >= 15 is 0 Å². The average molecular weight is 447 g/mol. The molecule has 0 bridgehead atoms. The summed E-state index contributed by atoms with van der Waals surface area (Å²) in [4.78, 5) is 13.8. The van der Waals surface area contributed by atoms with Gasteiger partial charge in [-0.15, -0.1) is 12.4 Å². The van der Waals surface area contributed by atoms with Crippen LogP contribution in [0.25, 0.3) is 0 Å². The molecule has 1 aromatic rings. The fourth-order valence-electron chi connectivity index (χ4n) is 2.76. The molecule has 1 atom stereocenters. The molecule has 1 aliphatic rings. The highest BCUT2D eigenvalue weighted by Crippen LogP contribution is 2.33. The first-order valence-electron chi connectivity index (χ1n) is 8.25. The number of rotatable bonds is 7. The first kappa shape index (κ1) is 23.6. The predicted molar refractivity (Wildman–Crippen MR) is 106 cm³/mol. The molecule has 1 N–H and O–H groups in total. The molecule has 1 aliphatic heterocycles. The van der Waals surface area contributed by atoms with Crippen molar-refractivity contribution >= 4 is 53.2 Å². The van der Waals surface area contributed by atoms with Crippen molar-refractivity contribution in [2.24, 2.45) is 5.92 Å². The Balaban J connectivity index is 0.00000338. The zero-order valence-electron chi connectivity index (χ0n) is 14.4. The second kappa shape index (κ2) is 11.4. The van der Waals surface area contributed by atoms with Crippen LogP contribution >= 0.6 is 47.2 Å². The number of ether oxygens (including phenoxy) is 2. The number of esters is 1. The van der Waals surface area contributed by atoms with Gasteiger partial charge in [0.1, 0.15) is 18.5 Å². The first-order chi connectivity index (χ1) is 11.9. The van der Waals surface area contributed by atoms with Crippen LogP contribution in [0.15, 0.2) is 12.1 Å². The van der Waals surface area contributed by atoms with Gasteiger partial charge in [-0.05, 0) is 38.9 Å². The summed E-state index contributed by atoms with van der Waals surface area (Å²) < 4.78 is 10.6. The third-order valence-corrected chi connectivity index (χ3v) is 5.10. The third-order valence-electron chi connectivity index (χ3n) is 4.08. The maximum atomic E-state index is 11.7. The van der Waals surface area contributed by atoms with Gasteiger partial charge in [0.15, 0.2) is 0 Å². The summed E-state index contributed by atoms with van der Waals surface area (Å²) in [5.41, 5.74) is 0. The zero-order valence-corrected chi connectivity index (χ0v) is 17.5. The molecule has 0 aliphatic carbocycles. The summed E-state index contributed by atoms with van der Waals surface area (Å²) in [6.07, 6.45) is 0.806. The number of β-amino-alcohol motifs (C(OH)–C–C–N with tert-alkyl or cyclic N) is 1. The molecule has 1 unspecified atom stereocenters. The van der Waals surface area contributed by atoms with E-state index in [9.17, 15) is 9.90 Å². The number of halogens is 4. The van der Waals surface area contributed by atoms with Crippen molar-refractivity contribution in [3.05, 3.63) is 27.2 Å². The van der Waals surface area contributed by atoms with Crippen LogP contribution in [0.3, 0.4) is 0 Å². The number of likely N-dealkylation sites (tertiary alicyclic amines) is 1. The zero-order chi connectivity index (χ0) is 18.4. The van der Waals surface area contributed by atoms with Crippen molar-refractivity contribution in [2.75, 3.05) is 32.8 Å². The Morgan fingerprint density at radius 3 is 2.46 bits per heavy atom. The first-order valence-corrected chi connectivity index (χ1v) is 9.38. The van der Waals surface area contributed by atoms with E-state index in [0.717, 1.165) is 25.9 Å². The molecule has 26 heavy (non-hydrogen) atoms. The van der Waals surface area contributed by atoms with E-state index in [0.29, 0.717) is 34.0 Å². The van der Waals surface area contributed by atoms with Gasteiger partial charge in [0.25, 0.3) is 0 Å². The molecule has 2 rings (SSSR count). The summed E-state index contributed by atoms with van der Waals surface area (Å²) in [7, 11) is 0. The van der Waals surface area contributed by atoms with Crippen LogP contribution in [0, 0.1) is 5.92 Å². The van der Waals surface area contributed by atoms with Gasteiger partial charge in [-0.3, -0.25) is 4.79 Å². The molecule has 0 spiro atoms. The van der Waals surface area contributed by atoms with Gasteiger partial charge in [-0.1, -0.05) is 34.8 Å². The summed E-state index contributed by atoms with van der Waals surface area (Å²) in [5, 5.41) is 11.2. The van der Waals surface area contributed by atoms with E-state index in [1.807, 2.05) is 6.92 Å². The minimum atomic E-state index is -0.676. The molecular weight excluding hydrogens is 424 g/mol. The number of benzene rings is 1. The minimum absolute atomic E-state index is 0. The smallest absolute Gasteiger partial charge is 0.309 e. The monoisotopic (exact) mass is 445 g/mol. The molecule has 0 amide bonds. The molecule has 9 heteroatoms. The number of piperidine rings is 1. The van der Waals surface area contributed by atoms with Crippen molar-refractivity contribution in [1.29, 1.82) is 0 Å². The number of carbonyl (C=O) groups excluding carboxylic acids is 1. The number of hydrogen-bond donors (Lipinski definition) is 1. The van der Waals surface area contributed by atoms with Crippen LogP contribution in [-0.2, 0) is 9.53 Å². The van der Waals surface area contributed by atoms with E-state index in [1.54, 1.807) is 0 Å². The SMILES string of the molecule is CCOC(=O)C1CCN(CC(O)COc2cc(Cl)c(Cl)cc2Cl)CC1.Cl. The van der Waals surface area contributed by atoms with Crippen molar-refractivity contribution in [2.45, 2.75) is 25.9 Å². The van der Waals surface area contributed by atoms with E-state index in [2.05, 4.69) is 4.90 Å². The lowest BCUT2D eigenvalue weighted by atomic mass is 9.97. The third kappa shape index (κ3) is 6.95. The molecule has 5 nitrogen and oxygen atoms in total. The molecule has 1 saturated heterocycles. The fourth-order valence-corrected chi connectivity index (χ4v) is 3.35. The van der Waals surface area contributed by atoms with E-state index < -0.39 is 6.10 Å². The highest BCUT2D eigenvalue weighted by molar-refractivity contribution is 6.43. The lowest BCUT2D eigenvalue weighted by Crippen LogP contribution is -2.42. The fraction of sp³-hybridized carbons (Fsp3) is 0.588. The number of aliphatic hydroxyl groups excluding tert-OH is 1. The van der Waals surface area contributed by atoms with Crippen LogP contribution in [0.5, 0.6) is 5.75 Å². The van der Waals surface area contributed by atoms with E-state index in [4.69, 9.17) is 44.3 Å². The quantitative estimate of drug-likeness (QED) is 0.505. The molecule has 0 radical (unpaired) electrons. The Labute approximate surface area is 174 Å². The van der Waals surface area contributed by atoms with Crippen molar-refractivity contribution in [3.63, 3.8) is 0 Å². The minimum Gasteiger partial charge on any atom is -0.489 e. The molecular formula is C17H23Cl4NO4. The topological polar surface area (TPSA) is 59.0 Å². The highest BCUT2D eigenvalue weighted by Gasteiger charge is 2.26. The van der Waals surface area contributed by atoms with Crippen LogP contribution in [0.4, 0.5) is 0 Å². The normalized spacial score (nSPS) is 16.7. The molecule has 1 aromatic carbocycles. The predicted octanol–water partition coefficient (Wildman–Crippen LogP) is 4.08. The maximum absolute atomic E-state index is 11.7. The number of nitrogens with zero attached hydrogens (tertiary/aromatic N) is 1. The van der Waals surface area contributed by atoms with Crippen molar-refractivity contribution in [1.82, 2.24) is 4.90 Å². The number of hydrogen-bond acceptors (Lipinski definition) is 5. The Morgan fingerprint density at radius 1 is 1.23 bits per heavy atom. The Kier molecular flexibility index (Phi) is 10.4. The highest BCUT2D eigenvalue weighted by atomic mass is 35.5. The van der Waals surface area contributed by atoms with Crippen molar-refractivity contribution < 1.29 is 19.4 Å². The molecule has 0 aromatic heterocycles. The van der Waals surface area contributed by atoms with Gasteiger partial charge < -0.3 is 19.5 Å². The largest absolute Gasteiger partial charge is 0.489 e. The van der Waals surface area contributed by atoms with Crippen LogP contribution in [0.2, 0.25) is 15.1 Å². The Morgan fingerprint density at radius 2 is 1.85 bits per heavy atom. The van der Waals surface area contributed by atoms with Gasteiger partial charge in [-0.2, -0.15) is 0 Å². The van der Waals surface area contributed by atoms with Crippen LogP contribution in [0.1, 0.15) is 19.8 Å². The van der Waals surface area contributed by atoms with Gasteiger partial charge in [-0.25, -0.2) is 0 Å². The molecule has 148 valence electrons. The number of aliphatic hydroxyl groups is 1. The van der Waals surface area contributed by atoms with Gasteiger partial charge >= 0.3 is 5.97 Å². The summed E-state index contributed by atoms with van der Waals surface area (Å²) in [5.74, 6) is 0.219. The summed E-state index contributed by atoms with van der Waals surface area (Å²) >= 11 is 17.9. The molecule has 0 saturated carbocycles. The van der Waals surface area contributed by atoms with E-state index in [1.165, 1.54) is 12.1 Å². The molecule has 1 heterocycles. The number of carbonyl (C=O) groups is 1. The lowest BCUT2D eigenvalue weighted by Gasteiger charge is -2.32. The van der Waals surface area contributed by atoms with Gasteiger partial charge in [0, 0.05) is 12.6 Å². The van der Waals surface area contributed by atoms with Crippen molar-refractivity contribution in [3.8, 4) is 5.75 Å². The average Bonchev–Trinajstić information content (AvgIpc) is 2.58. The molecule has 1 fully saturated rings. The van der Waals surface area contributed by atoms with Gasteiger partial charge in [0.2, 0.25) is 0 Å². The second-order valence-electron chi connectivity index (χ2n) is 5.99.